The first kappa shape index (κ1) is 9.48. The van der Waals surface area contributed by atoms with Gasteiger partial charge in [0.25, 0.3) is 0 Å². The average Bonchev–Trinajstić information content (AvgIpc) is 2.83. The highest BCUT2D eigenvalue weighted by Gasteiger charge is 2.07. The van der Waals surface area contributed by atoms with Crippen LogP contribution in [0.5, 0.6) is 0 Å². The number of nitriles is 1. The standard InChI is InChI=1S/C12H7N5/c13-8-10-2-1-3-11-15-12(16-17(10)11)9-4-6-14-7-5-9/h1-7H. The summed E-state index contributed by atoms with van der Waals surface area (Å²) in [6, 6.07) is 11.1. The Morgan fingerprint density at radius 1 is 1.12 bits per heavy atom. The average molecular weight is 221 g/mol. The van der Waals surface area contributed by atoms with Crippen molar-refractivity contribution in [2.24, 2.45) is 0 Å². The summed E-state index contributed by atoms with van der Waals surface area (Å²) < 4.78 is 1.54. The Kier molecular flexibility index (Phi) is 2.06. The van der Waals surface area contributed by atoms with Crippen LogP contribution < -0.4 is 0 Å². The lowest BCUT2D eigenvalue weighted by atomic mass is 10.3. The molecule has 0 bridgehead atoms. The Labute approximate surface area is 97.0 Å². The highest BCUT2D eigenvalue weighted by molar-refractivity contribution is 5.57. The minimum atomic E-state index is 0.468. The number of aromatic nitrogens is 4. The Balaban J connectivity index is 2.25. The van der Waals surface area contributed by atoms with E-state index in [-0.39, 0.29) is 0 Å². The summed E-state index contributed by atoms with van der Waals surface area (Å²) in [7, 11) is 0. The number of rotatable bonds is 1. The summed E-state index contributed by atoms with van der Waals surface area (Å²) in [6.45, 7) is 0. The molecule has 3 aromatic heterocycles. The SMILES string of the molecule is N#Cc1cccc2nc(-c3ccncc3)nn12. The highest BCUT2D eigenvalue weighted by Crippen LogP contribution is 2.15. The molecule has 3 heterocycles. The van der Waals surface area contributed by atoms with Crippen molar-refractivity contribution in [2.45, 2.75) is 0 Å². The van der Waals surface area contributed by atoms with Crippen LogP contribution in [-0.2, 0) is 0 Å². The van der Waals surface area contributed by atoms with Gasteiger partial charge in [-0.15, -0.1) is 5.10 Å². The maximum Gasteiger partial charge on any atom is 0.182 e. The van der Waals surface area contributed by atoms with Gasteiger partial charge in [0.2, 0.25) is 0 Å². The van der Waals surface area contributed by atoms with Crippen molar-refractivity contribution < 1.29 is 0 Å². The minimum absolute atomic E-state index is 0.468. The Morgan fingerprint density at radius 3 is 2.71 bits per heavy atom. The molecule has 0 aliphatic heterocycles. The lowest BCUT2D eigenvalue weighted by Crippen LogP contribution is -1.93. The van der Waals surface area contributed by atoms with Crippen LogP contribution in [0.4, 0.5) is 0 Å². The maximum absolute atomic E-state index is 8.97. The van der Waals surface area contributed by atoms with E-state index in [1.165, 1.54) is 4.52 Å². The Bertz CT molecular complexity index is 709. The van der Waals surface area contributed by atoms with Crippen LogP contribution in [0.2, 0.25) is 0 Å². The summed E-state index contributed by atoms with van der Waals surface area (Å²) in [5, 5.41) is 13.3. The summed E-state index contributed by atoms with van der Waals surface area (Å²) >= 11 is 0. The predicted octanol–water partition coefficient (Wildman–Crippen LogP) is 1.66. The van der Waals surface area contributed by atoms with Crippen LogP contribution in [-0.4, -0.2) is 19.6 Å². The second-order valence-corrected chi connectivity index (χ2v) is 3.46. The number of pyridine rings is 2. The normalized spacial score (nSPS) is 10.3. The molecule has 3 rings (SSSR count). The number of fused-ring (bicyclic) bond motifs is 1. The minimum Gasteiger partial charge on any atom is -0.265 e. The molecule has 0 atom stereocenters. The first-order valence-corrected chi connectivity index (χ1v) is 5.05. The Hall–Kier alpha value is -2.74. The molecule has 0 aliphatic rings. The molecule has 0 unspecified atom stereocenters. The molecular formula is C12H7N5. The summed E-state index contributed by atoms with van der Waals surface area (Å²) in [5.74, 6) is 0.593. The van der Waals surface area contributed by atoms with Crippen molar-refractivity contribution in [3.8, 4) is 17.5 Å². The molecule has 0 fully saturated rings. The molecule has 5 nitrogen and oxygen atoms in total. The molecule has 0 aromatic carbocycles. The van der Waals surface area contributed by atoms with Gasteiger partial charge in [0, 0.05) is 18.0 Å². The van der Waals surface area contributed by atoms with Crippen LogP contribution in [0.3, 0.4) is 0 Å². The van der Waals surface area contributed by atoms with Gasteiger partial charge in [-0.25, -0.2) is 9.50 Å². The molecule has 3 aromatic rings. The van der Waals surface area contributed by atoms with Crippen LogP contribution in [0.15, 0.2) is 42.7 Å². The zero-order valence-electron chi connectivity index (χ0n) is 8.78. The lowest BCUT2D eigenvalue weighted by molar-refractivity contribution is 0.945. The van der Waals surface area contributed by atoms with Crippen molar-refractivity contribution >= 4 is 5.65 Å². The fourth-order valence-electron chi connectivity index (χ4n) is 1.61. The first-order chi connectivity index (χ1) is 8.38. The monoisotopic (exact) mass is 221 g/mol. The fraction of sp³-hybridized carbons (Fsp3) is 0. The maximum atomic E-state index is 8.97. The molecule has 0 aliphatic carbocycles. The third kappa shape index (κ3) is 1.52. The molecule has 0 saturated heterocycles. The van der Waals surface area contributed by atoms with Gasteiger partial charge in [-0.3, -0.25) is 4.98 Å². The molecule has 0 amide bonds. The molecule has 17 heavy (non-hydrogen) atoms. The number of hydrogen-bond acceptors (Lipinski definition) is 4. The third-order valence-corrected chi connectivity index (χ3v) is 2.41. The molecule has 80 valence electrons. The number of nitrogens with zero attached hydrogens (tertiary/aromatic N) is 5. The second kappa shape index (κ2) is 3.68. The van der Waals surface area contributed by atoms with Gasteiger partial charge in [0.1, 0.15) is 11.8 Å². The van der Waals surface area contributed by atoms with Crippen molar-refractivity contribution in [3.63, 3.8) is 0 Å². The van der Waals surface area contributed by atoms with E-state index in [0.717, 1.165) is 5.56 Å². The molecule has 0 radical (unpaired) electrons. The lowest BCUT2D eigenvalue weighted by Gasteiger charge is -1.92. The molecule has 0 saturated carbocycles. The third-order valence-electron chi connectivity index (χ3n) is 2.41. The summed E-state index contributed by atoms with van der Waals surface area (Å²) in [5.41, 5.74) is 2.01. The van der Waals surface area contributed by atoms with E-state index in [0.29, 0.717) is 17.2 Å². The van der Waals surface area contributed by atoms with Gasteiger partial charge in [-0.2, -0.15) is 5.26 Å². The molecule has 5 heteroatoms. The second-order valence-electron chi connectivity index (χ2n) is 3.46. The van der Waals surface area contributed by atoms with Crippen molar-refractivity contribution in [2.75, 3.05) is 0 Å². The van der Waals surface area contributed by atoms with Gasteiger partial charge >= 0.3 is 0 Å². The van der Waals surface area contributed by atoms with Gasteiger partial charge in [0.15, 0.2) is 11.5 Å². The van der Waals surface area contributed by atoms with E-state index in [4.69, 9.17) is 5.26 Å². The van der Waals surface area contributed by atoms with E-state index in [1.54, 1.807) is 24.5 Å². The predicted molar refractivity (Wildman–Crippen MR) is 60.9 cm³/mol. The fourth-order valence-corrected chi connectivity index (χ4v) is 1.61. The van der Waals surface area contributed by atoms with Gasteiger partial charge < -0.3 is 0 Å². The van der Waals surface area contributed by atoms with E-state index >= 15 is 0 Å². The summed E-state index contributed by atoms with van der Waals surface area (Å²) in [6.07, 6.45) is 3.37. The quantitative estimate of drug-likeness (QED) is 0.626. The van der Waals surface area contributed by atoms with Crippen LogP contribution in [0.25, 0.3) is 17.0 Å². The van der Waals surface area contributed by atoms with Crippen molar-refractivity contribution in [3.05, 3.63) is 48.4 Å². The van der Waals surface area contributed by atoms with Gasteiger partial charge in [-0.1, -0.05) is 6.07 Å². The van der Waals surface area contributed by atoms with E-state index in [2.05, 4.69) is 21.1 Å². The molecule has 0 spiro atoms. The van der Waals surface area contributed by atoms with E-state index < -0.39 is 0 Å². The first-order valence-electron chi connectivity index (χ1n) is 5.05. The van der Waals surface area contributed by atoms with Gasteiger partial charge in [-0.05, 0) is 24.3 Å². The van der Waals surface area contributed by atoms with E-state index in [1.807, 2.05) is 18.2 Å². The zero-order chi connectivity index (χ0) is 11.7. The van der Waals surface area contributed by atoms with E-state index in [9.17, 15) is 0 Å². The van der Waals surface area contributed by atoms with Crippen LogP contribution in [0.1, 0.15) is 5.69 Å². The highest BCUT2D eigenvalue weighted by atomic mass is 15.3. The molecule has 0 N–H and O–H groups in total. The zero-order valence-corrected chi connectivity index (χ0v) is 8.78. The van der Waals surface area contributed by atoms with Gasteiger partial charge in [0.05, 0.1) is 0 Å². The van der Waals surface area contributed by atoms with Crippen LogP contribution >= 0.6 is 0 Å². The van der Waals surface area contributed by atoms with Crippen molar-refractivity contribution in [1.82, 2.24) is 19.6 Å². The smallest absolute Gasteiger partial charge is 0.182 e. The Morgan fingerprint density at radius 2 is 1.94 bits per heavy atom. The van der Waals surface area contributed by atoms with Crippen molar-refractivity contribution in [1.29, 1.82) is 5.26 Å². The van der Waals surface area contributed by atoms with Crippen LogP contribution in [0, 0.1) is 11.3 Å². The topological polar surface area (TPSA) is 66.9 Å². The largest absolute Gasteiger partial charge is 0.265 e. The summed E-state index contributed by atoms with van der Waals surface area (Å²) in [4.78, 5) is 8.31. The molecular weight excluding hydrogens is 214 g/mol. The number of hydrogen-bond donors (Lipinski definition) is 0.